The van der Waals surface area contributed by atoms with Crippen LogP contribution in [0.1, 0.15) is 0 Å². The SMILES string of the molecule is c1ccc(-c2nc(-c3ccc4c(c3)oc3ccccc34)nc(-c3ccc4oc5ccc(-c6cccc7c8ccccc8n(-c8ccccc8)c67)cc5c4c3)n2)cc1. The molecular formula is C51H30N4O2. The van der Waals surface area contributed by atoms with Crippen LogP contribution in [0.3, 0.4) is 0 Å². The molecule has 4 aromatic heterocycles. The largest absolute Gasteiger partial charge is 0.456 e. The average molecular weight is 731 g/mol. The second kappa shape index (κ2) is 12.3. The van der Waals surface area contributed by atoms with Crippen molar-refractivity contribution in [1.29, 1.82) is 0 Å². The highest BCUT2D eigenvalue weighted by Gasteiger charge is 2.19. The molecule has 0 amide bonds. The van der Waals surface area contributed by atoms with Crippen molar-refractivity contribution in [2.24, 2.45) is 0 Å². The summed E-state index contributed by atoms with van der Waals surface area (Å²) in [7, 11) is 0. The van der Waals surface area contributed by atoms with Gasteiger partial charge in [0.15, 0.2) is 17.5 Å². The van der Waals surface area contributed by atoms with E-state index in [1.54, 1.807) is 0 Å². The van der Waals surface area contributed by atoms with Gasteiger partial charge in [0.2, 0.25) is 0 Å². The average Bonchev–Trinajstić information content (AvgIpc) is 3.95. The maximum Gasteiger partial charge on any atom is 0.164 e. The van der Waals surface area contributed by atoms with E-state index >= 15 is 0 Å². The predicted molar refractivity (Wildman–Crippen MR) is 230 cm³/mol. The van der Waals surface area contributed by atoms with Gasteiger partial charge in [-0.05, 0) is 72.3 Å². The summed E-state index contributed by atoms with van der Waals surface area (Å²) in [6.45, 7) is 0. The van der Waals surface area contributed by atoms with E-state index in [1.807, 2.05) is 66.7 Å². The Kier molecular flexibility index (Phi) is 6.83. The number of para-hydroxylation sites is 4. The monoisotopic (exact) mass is 730 g/mol. The zero-order valence-electron chi connectivity index (χ0n) is 30.4. The minimum absolute atomic E-state index is 0.572. The second-order valence-corrected chi connectivity index (χ2v) is 14.4. The molecule has 0 spiro atoms. The van der Waals surface area contributed by atoms with E-state index in [4.69, 9.17) is 23.8 Å². The van der Waals surface area contributed by atoms with E-state index in [0.717, 1.165) is 77.4 Å². The maximum absolute atomic E-state index is 6.45. The number of fused-ring (bicyclic) bond motifs is 9. The number of hydrogen-bond donors (Lipinski definition) is 0. The van der Waals surface area contributed by atoms with E-state index in [2.05, 4.69) is 120 Å². The Morgan fingerprint density at radius 3 is 1.67 bits per heavy atom. The lowest BCUT2D eigenvalue weighted by molar-refractivity contribution is 0.668. The Labute approximate surface area is 325 Å². The molecule has 0 unspecified atom stereocenters. The maximum atomic E-state index is 6.45. The Hall–Kier alpha value is -7.83. The first kappa shape index (κ1) is 31.5. The third kappa shape index (κ3) is 5.01. The molecule has 12 rings (SSSR count). The first-order chi connectivity index (χ1) is 28.2. The van der Waals surface area contributed by atoms with Crippen LogP contribution in [-0.4, -0.2) is 19.5 Å². The molecule has 12 aromatic rings. The van der Waals surface area contributed by atoms with Crippen molar-refractivity contribution in [3.63, 3.8) is 0 Å². The minimum atomic E-state index is 0.572. The standard InChI is InChI=1S/C51H30N4O2/c1-3-12-31(13-4-1)49-52-50(54-51(53-49)34-22-25-39-38-17-8-10-21-44(38)57-47(39)30-34)33-24-27-46-42(29-33)41-28-32(23-26-45(41)56-46)36-18-11-19-40-37-16-7-9-20-43(37)55(48(36)40)35-14-5-2-6-15-35/h1-30H. The van der Waals surface area contributed by atoms with Gasteiger partial charge >= 0.3 is 0 Å². The summed E-state index contributed by atoms with van der Waals surface area (Å²) in [6, 6.07) is 62.8. The molecule has 0 N–H and O–H groups in total. The van der Waals surface area contributed by atoms with Gasteiger partial charge in [-0.15, -0.1) is 0 Å². The van der Waals surface area contributed by atoms with E-state index in [1.165, 1.54) is 21.8 Å². The molecule has 0 bridgehead atoms. The van der Waals surface area contributed by atoms with Crippen molar-refractivity contribution < 1.29 is 8.83 Å². The lowest BCUT2D eigenvalue weighted by Gasteiger charge is -2.12. The molecule has 0 atom stereocenters. The lowest BCUT2D eigenvalue weighted by atomic mass is 9.99. The Morgan fingerprint density at radius 2 is 0.877 bits per heavy atom. The van der Waals surface area contributed by atoms with Gasteiger partial charge in [0.1, 0.15) is 22.3 Å². The first-order valence-corrected chi connectivity index (χ1v) is 19.0. The lowest BCUT2D eigenvalue weighted by Crippen LogP contribution is -2.00. The van der Waals surface area contributed by atoms with E-state index in [9.17, 15) is 0 Å². The summed E-state index contributed by atoms with van der Waals surface area (Å²) in [6.07, 6.45) is 0. The second-order valence-electron chi connectivity index (χ2n) is 14.4. The van der Waals surface area contributed by atoms with Gasteiger partial charge < -0.3 is 13.4 Å². The number of hydrogen-bond acceptors (Lipinski definition) is 5. The van der Waals surface area contributed by atoms with Gasteiger partial charge in [-0.1, -0.05) is 115 Å². The summed E-state index contributed by atoms with van der Waals surface area (Å²) in [5, 5.41) is 6.59. The molecule has 0 aliphatic heterocycles. The van der Waals surface area contributed by atoms with Crippen LogP contribution in [0.4, 0.5) is 0 Å². The predicted octanol–water partition coefficient (Wildman–Crippen LogP) is 13.4. The van der Waals surface area contributed by atoms with Gasteiger partial charge in [0.25, 0.3) is 0 Å². The van der Waals surface area contributed by atoms with E-state index < -0.39 is 0 Å². The topological polar surface area (TPSA) is 69.9 Å². The molecule has 0 radical (unpaired) electrons. The van der Waals surface area contributed by atoms with Crippen molar-refractivity contribution in [3.05, 3.63) is 182 Å². The van der Waals surface area contributed by atoms with Crippen LogP contribution in [0.2, 0.25) is 0 Å². The molecule has 57 heavy (non-hydrogen) atoms. The van der Waals surface area contributed by atoms with Gasteiger partial charge in [-0.25, -0.2) is 15.0 Å². The highest BCUT2D eigenvalue weighted by molar-refractivity contribution is 6.15. The fourth-order valence-electron chi connectivity index (χ4n) is 8.40. The Balaban J connectivity index is 1.03. The highest BCUT2D eigenvalue weighted by atomic mass is 16.3. The van der Waals surface area contributed by atoms with Crippen LogP contribution < -0.4 is 0 Å². The molecule has 0 fully saturated rings. The molecule has 0 aliphatic rings. The molecule has 0 saturated carbocycles. The zero-order valence-corrected chi connectivity index (χ0v) is 30.4. The summed E-state index contributed by atoms with van der Waals surface area (Å²) >= 11 is 0. The number of nitrogens with zero attached hydrogens (tertiary/aromatic N) is 4. The van der Waals surface area contributed by atoms with E-state index in [-0.39, 0.29) is 0 Å². The highest BCUT2D eigenvalue weighted by Crippen LogP contribution is 2.41. The molecule has 0 aliphatic carbocycles. The van der Waals surface area contributed by atoms with Crippen molar-refractivity contribution in [3.8, 4) is 51.0 Å². The quantitative estimate of drug-likeness (QED) is 0.176. The molecule has 4 heterocycles. The summed E-state index contributed by atoms with van der Waals surface area (Å²) in [5.41, 5.74) is 11.6. The van der Waals surface area contributed by atoms with Crippen molar-refractivity contribution in [2.45, 2.75) is 0 Å². The van der Waals surface area contributed by atoms with Crippen LogP contribution >= 0.6 is 0 Å². The van der Waals surface area contributed by atoms with Crippen LogP contribution in [-0.2, 0) is 0 Å². The number of benzene rings is 8. The summed E-state index contributed by atoms with van der Waals surface area (Å²) in [5.74, 6) is 1.75. The van der Waals surface area contributed by atoms with Crippen molar-refractivity contribution >= 4 is 65.7 Å². The van der Waals surface area contributed by atoms with Gasteiger partial charge in [0.05, 0.1) is 11.0 Å². The van der Waals surface area contributed by atoms with Gasteiger partial charge in [0, 0.05) is 60.3 Å². The van der Waals surface area contributed by atoms with Crippen LogP contribution in [0.15, 0.2) is 191 Å². The Bertz CT molecular complexity index is 3530. The molecule has 8 aromatic carbocycles. The van der Waals surface area contributed by atoms with E-state index in [0.29, 0.717) is 17.5 Å². The van der Waals surface area contributed by atoms with Crippen molar-refractivity contribution in [1.82, 2.24) is 19.5 Å². The van der Waals surface area contributed by atoms with Gasteiger partial charge in [-0.3, -0.25) is 0 Å². The zero-order chi connectivity index (χ0) is 37.5. The third-order valence-corrected chi connectivity index (χ3v) is 11.1. The third-order valence-electron chi connectivity index (χ3n) is 11.1. The molecule has 6 heteroatoms. The molecule has 0 saturated heterocycles. The summed E-state index contributed by atoms with van der Waals surface area (Å²) in [4.78, 5) is 15.1. The fraction of sp³-hybridized carbons (Fsp3) is 0. The van der Waals surface area contributed by atoms with Crippen LogP contribution in [0.25, 0.3) is 117 Å². The van der Waals surface area contributed by atoms with Crippen LogP contribution in [0.5, 0.6) is 0 Å². The van der Waals surface area contributed by atoms with Crippen LogP contribution in [0, 0.1) is 0 Å². The smallest absolute Gasteiger partial charge is 0.164 e. The van der Waals surface area contributed by atoms with Gasteiger partial charge in [-0.2, -0.15) is 0 Å². The van der Waals surface area contributed by atoms with Crippen molar-refractivity contribution in [2.75, 3.05) is 0 Å². The number of furan rings is 2. The molecule has 6 nitrogen and oxygen atoms in total. The Morgan fingerprint density at radius 1 is 0.333 bits per heavy atom. The normalized spacial score (nSPS) is 11.9. The molecular weight excluding hydrogens is 701 g/mol. The number of rotatable bonds is 5. The summed E-state index contributed by atoms with van der Waals surface area (Å²) < 4.78 is 15.1. The number of aromatic nitrogens is 4. The fourth-order valence-corrected chi connectivity index (χ4v) is 8.40. The minimum Gasteiger partial charge on any atom is -0.456 e. The first-order valence-electron chi connectivity index (χ1n) is 19.0. The molecule has 266 valence electrons.